The van der Waals surface area contributed by atoms with Gasteiger partial charge >= 0.3 is 6.09 Å². The van der Waals surface area contributed by atoms with Crippen LogP contribution in [0.1, 0.15) is 44.9 Å². The molecule has 2 unspecified atom stereocenters. The highest BCUT2D eigenvalue weighted by molar-refractivity contribution is 5.67. The minimum absolute atomic E-state index is 0.171. The van der Waals surface area contributed by atoms with Crippen LogP contribution in [0.4, 0.5) is 10.6 Å². The third-order valence-corrected chi connectivity index (χ3v) is 7.01. The summed E-state index contributed by atoms with van der Waals surface area (Å²) >= 11 is 0. The first kappa shape index (κ1) is 19.5. The number of pyridine rings is 1. The van der Waals surface area contributed by atoms with Crippen molar-refractivity contribution in [2.75, 3.05) is 44.7 Å². The van der Waals surface area contributed by atoms with Gasteiger partial charge in [-0.1, -0.05) is 6.07 Å². The first-order valence-corrected chi connectivity index (χ1v) is 11.0. The number of hydrogen-bond donors (Lipinski definition) is 0. The number of piperidine rings is 1. The van der Waals surface area contributed by atoms with Crippen molar-refractivity contribution in [3.63, 3.8) is 0 Å². The highest BCUT2D eigenvalue weighted by atomic mass is 16.5. The molecule has 0 aliphatic carbocycles. The topological polar surface area (TPSA) is 48.9 Å². The van der Waals surface area contributed by atoms with Gasteiger partial charge in [0.25, 0.3) is 0 Å². The number of amides is 1. The fraction of sp³-hybridized carbons (Fsp3) is 0.727. The van der Waals surface area contributed by atoms with Gasteiger partial charge < -0.3 is 19.4 Å². The summed E-state index contributed by atoms with van der Waals surface area (Å²) in [5, 5.41) is 0. The van der Waals surface area contributed by atoms with Gasteiger partial charge in [-0.2, -0.15) is 0 Å². The summed E-state index contributed by atoms with van der Waals surface area (Å²) in [5.41, 5.74) is 0. The Morgan fingerprint density at radius 3 is 2.57 bits per heavy atom. The Morgan fingerprint density at radius 1 is 1.00 bits per heavy atom. The molecule has 0 saturated carbocycles. The van der Waals surface area contributed by atoms with E-state index in [2.05, 4.69) is 26.9 Å². The maximum atomic E-state index is 11.8. The van der Waals surface area contributed by atoms with Crippen LogP contribution in [-0.2, 0) is 4.74 Å². The van der Waals surface area contributed by atoms with Crippen molar-refractivity contribution in [1.29, 1.82) is 0 Å². The van der Waals surface area contributed by atoms with Crippen LogP contribution in [0.3, 0.4) is 0 Å². The van der Waals surface area contributed by atoms with Crippen LogP contribution >= 0.6 is 0 Å². The molecule has 154 valence electrons. The number of anilines is 1. The highest BCUT2D eigenvalue weighted by Crippen LogP contribution is 2.34. The zero-order valence-electron chi connectivity index (χ0n) is 17.1. The Balaban J connectivity index is 1.30. The molecule has 0 bridgehead atoms. The monoisotopic (exact) mass is 386 g/mol. The van der Waals surface area contributed by atoms with Crippen molar-refractivity contribution in [3.05, 3.63) is 24.4 Å². The van der Waals surface area contributed by atoms with E-state index in [4.69, 9.17) is 4.74 Å². The fourth-order valence-corrected chi connectivity index (χ4v) is 5.52. The Bertz CT molecular complexity index is 633. The number of ether oxygens (including phenoxy) is 1. The van der Waals surface area contributed by atoms with E-state index in [0.29, 0.717) is 12.1 Å². The zero-order chi connectivity index (χ0) is 19.3. The summed E-state index contributed by atoms with van der Waals surface area (Å²) in [7, 11) is 1.48. The second-order valence-electron chi connectivity index (χ2n) is 8.51. The standard InChI is InChI=1S/C22H34N4O2/c1-28-22(27)25-13-4-6-19(11-17-25)24-15-9-18(10-16-24)20-7-5-14-26(20)21-8-2-3-12-23-21/h2-3,8,12,18-20H,4-7,9-11,13-17H2,1H3. The zero-order valence-corrected chi connectivity index (χ0v) is 17.1. The number of carbonyl (C=O) groups is 1. The lowest BCUT2D eigenvalue weighted by Crippen LogP contribution is -2.46. The highest BCUT2D eigenvalue weighted by Gasteiger charge is 2.36. The summed E-state index contributed by atoms with van der Waals surface area (Å²) < 4.78 is 4.91. The van der Waals surface area contributed by atoms with Crippen molar-refractivity contribution < 1.29 is 9.53 Å². The van der Waals surface area contributed by atoms with Crippen LogP contribution in [0.25, 0.3) is 0 Å². The molecule has 0 radical (unpaired) electrons. The van der Waals surface area contributed by atoms with Gasteiger partial charge in [-0.3, -0.25) is 0 Å². The van der Waals surface area contributed by atoms with Crippen molar-refractivity contribution in [2.24, 2.45) is 5.92 Å². The number of aromatic nitrogens is 1. The van der Waals surface area contributed by atoms with E-state index in [1.54, 1.807) is 0 Å². The van der Waals surface area contributed by atoms with Crippen LogP contribution in [0.15, 0.2) is 24.4 Å². The van der Waals surface area contributed by atoms with Crippen molar-refractivity contribution >= 4 is 11.9 Å². The number of carbonyl (C=O) groups excluding carboxylic acids is 1. The molecule has 1 amide bonds. The molecule has 4 heterocycles. The molecule has 1 aromatic heterocycles. The number of hydrogen-bond acceptors (Lipinski definition) is 5. The molecule has 1 aromatic rings. The van der Waals surface area contributed by atoms with Gasteiger partial charge in [-0.05, 0) is 76.1 Å². The molecule has 2 atom stereocenters. The molecule has 4 rings (SSSR count). The lowest BCUT2D eigenvalue weighted by atomic mass is 9.87. The molecule has 3 aliphatic heterocycles. The van der Waals surface area contributed by atoms with Gasteiger partial charge in [-0.15, -0.1) is 0 Å². The summed E-state index contributed by atoms with van der Waals surface area (Å²) in [6.07, 6.45) is 10.2. The van der Waals surface area contributed by atoms with E-state index in [1.165, 1.54) is 52.3 Å². The maximum absolute atomic E-state index is 11.8. The quantitative estimate of drug-likeness (QED) is 0.797. The van der Waals surface area contributed by atoms with Crippen LogP contribution in [0.5, 0.6) is 0 Å². The number of methoxy groups -OCH3 is 1. The van der Waals surface area contributed by atoms with Gasteiger partial charge in [0.05, 0.1) is 7.11 Å². The molecule has 0 aromatic carbocycles. The summed E-state index contributed by atoms with van der Waals surface area (Å²) in [6.45, 7) is 5.20. The van der Waals surface area contributed by atoms with Gasteiger partial charge in [-0.25, -0.2) is 9.78 Å². The SMILES string of the molecule is COC(=O)N1CCCC(N2CCC(C3CCCN3c3ccccn3)CC2)CC1. The molecule has 3 aliphatic rings. The van der Waals surface area contributed by atoms with Crippen LogP contribution in [0.2, 0.25) is 0 Å². The van der Waals surface area contributed by atoms with E-state index in [0.717, 1.165) is 44.2 Å². The van der Waals surface area contributed by atoms with Gasteiger partial charge in [0.2, 0.25) is 0 Å². The first-order valence-electron chi connectivity index (χ1n) is 11.0. The Labute approximate surface area is 168 Å². The van der Waals surface area contributed by atoms with Gasteiger partial charge in [0.1, 0.15) is 5.82 Å². The average Bonchev–Trinajstić information content (AvgIpc) is 3.11. The smallest absolute Gasteiger partial charge is 0.409 e. The third-order valence-electron chi connectivity index (χ3n) is 7.01. The second kappa shape index (κ2) is 9.12. The number of nitrogens with zero attached hydrogens (tertiary/aromatic N) is 4. The van der Waals surface area contributed by atoms with Gasteiger partial charge in [0.15, 0.2) is 0 Å². The molecule has 3 saturated heterocycles. The lowest BCUT2D eigenvalue weighted by Gasteiger charge is -2.41. The Kier molecular flexibility index (Phi) is 6.35. The predicted molar refractivity (Wildman–Crippen MR) is 111 cm³/mol. The molecular weight excluding hydrogens is 352 g/mol. The van der Waals surface area contributed by atoms with E-state index >= 15 is 0 Å². The van der Waals surface area contributed by atoms with E-state index in [-0.39, 0.29) is 6.09 Å². The largest absolute Gasteiger partial charge is 0.453 e. The molecule has 28 heavy (non-hydrogen) atoms. The lowest BCUT2D eigenvalue weighted by molar-refractivity contribution is 0.108. The van der Waals surface area contributed by atoms with Crippen LogP contribution in [0, 0.1) is 5.92 Å². The maximum Gasteiger partial charge on any atom is 0.409 e. The minimum atomic E-state index is -0.171. The normalized spacial score (nSPS) is 27.6. The summed E-state index contributed by atoms with van der Waals surface area (Å²) in [4.78, 5) is 23.5. The molecule has 0 N–H and O–H groups in total. The Morgan fingerprint density at radius 2 is 1.82 bits per heavy atom. The third kappa shape index (κ3) is 4.27. The van der Waals surface area contributed by atoms with Crippen molar-refractivity contribution in [1.82, 2.24) is 14.8 Å². The average molecular weight is 387 g/mol. The van der Waals surface area contributed by atoms with E-state index in [1.807, 2.05) is 17.2 Å². The minimum Gasteiger partial charge on any atom is -0.453 e. The first-order chi connectivity index (χ1) is 13.8. The second-order valence-corrected chi connectivity index (χ2v) is 8.51. The van der Waals surface area contributed by atoms with Crippen LogP contribution < -0.4 is 4.90 Å². The number of likely N-dealkylation sites (tertiary alicyclic amines) is 2. The molecular formula is C22H34N4O2. The molecule has 3 fully saturated rings. The molecule has 0 spiro atoms. The molecule has 6 heteroatoms. The van der Waals surface area contributed by atoms with E-state index < -0.39 is 0 Å². The van der Waals surface area contributed by atoms with Crippen LogP contribution in [-0.4, -0.2) is 72.8 Å². The van der Waals surface area contributed by atoms with E-state index in [9.17, 15) is 4.79 Å². The van der Waals surface area contributed by atoms with Crippen molar-refractivity contribution in [2.45, 2.75) is 57.0 Å². The fourth-order valence-electron chi connectivity index (χ4n) is 5.52. The molecule has 6 nitrogen and oxygen atoms in total. The predicted octanol–water partition coefficient (Wildman–Crippen LogP) is 3.38. The summed E-state index contributed by atoms with van der Waals surface area (Å²) in [5.74, 6) is 1.93. The van der Waals surface area contributed by atoms with Gasteiger partial charge in [0, 0.05) is 37.9 Å². The van der Waals surface area contributed by atoms with Crippen molar-refractivity contribution in [3.8, 4) is 0 Å². The number of rotatable bonds is 3. The summed E-state index contributed by atoms with van der Waals surface area (Å²) in [6, 6.07) is 7.53. The Hall–Kier alpha value is -1.82.